The van der Waals surface area contributed by atoms with E-state index in [-0.39, 0.29) is 11.8 Å². The second-order valence-electron chi connectivity index (χ2n) is 12.4. The first kappa shape index (κ1) is 28.8. The topological polar surface area (TPSA) is 64.7 Å². The SMILES string of the molecule is CCCCNC(=O)c1ccc(CN2CCC(C3CCN(Cc4ccc(C(=O)NCC5CC5)cc4)CC3)CC2)cc1. The molecule has 0 radical (unpaired) electrons. The quantitative estimate of drug-likeness (QED) is 0.347. The van der Waals surface area contributed by atoms with Crippen molar-refractivity contribution in [1.82, 2.24) is 20.4 Å². The number of nitrogens with one attached hydrogen (secondary N) is 2. The average molecular weight is 545 g/mol. The first-order chi connectivity index (χ1) is 19.6. The van der Waals surface area contributed by atoms with E-state index in [9.17, 15) is 9.59 Å². The van der Waals surface area contributed by atoms with Gasteiger partial charge in [0.2, 0.25) is 0 Å². The molecule has 2 aliphatic heterocycles. The number of unbranched alkanes of at least 4 members (excludes halogenated alkanes) is 1. The number of hydrogen-bond donors (Lipinski definition) is 2. The van der Waals surface area contributed by atoms with Crippen molar-refractivity contribution in [3.05, 3.63) is 70.8 Å². The summed E-state index contributed by atoms with van der Waals surface area (Å²) in [5.74, 6) is 2.50. The predicted octanol–water partition coefficient (Wildman–Crippen LogP) is 5.48. The zero-order valence-corrected chi connectivity index (χ0v) is 24.4. The summed E-state index contributed by atoms with van der Waals surface area (Å²) in [6.07, 6.45) is 9.82. The van der Waals surface area contributed by atoms with Gasteiger partial charge in [-0.05, 0) is 124 Å². The molecular weight excluding hydrogens is 496 g/mol. The van der Waals surface area contributed by atoms with Gasteiger partial charge in [0.05, 0.1) is 0 Å². The van der Waals surface area contributed by atoms with Crippen molar-refractivity contribution in [1.29, 1.82) is 0 Å². The maximum Gasteiger partial charge on any atom is 0.251 e. The van der Waals surface area contributed by atoms with Crippen molar-refractivity contribution < 1.29 is 9.59 Å². The van der Waals surface area contributed by atoms with Crippen molar-refractivity contribution in [3.63, 3.8) is 0 Å². The lowest BCUT2D eigenvalue weighted by molar-refractivity contribution is 0.0909. The molecule has 1 aliphatic carbocycles. The van der Waals surface area contributed by atoms with Crippen LogP contribution in [0, 0.1) is 17.8 Å². The molecule has 3 fully saturated rings. The summed E-state index contributed by atoms with van der Waals surface area (Å²) < 4.78 is 0. The summed E-state index contributed by atoms with van der Waals surface area (Å²) in [6, 6.07) is 16.4. The van der Waals surface area contributed by atoms with Gasteiger partial charge in [-0.3, -0.25) is 19.4 Å². The Bertz CT molecular complexity index is 1080. The molecule has 6 heteroatoms. The van der Waals surface area contributed by atoms with Gasteiger partial charge in [-0.2, -0.15) is 0 Å². The Morgan fingerprint density at radius 2 is 1.12 bits per heavy atom. The Morgan fingerprint density at radius 1 is 0.675 bits per heavy atom. The Morgan fingerprint density at radius 3 is 1.55 bits per heavy atom. The number of hydrogen-bond acceptors (Lipinski definition) is 4. The lowest BCUT2D eigenvalue weighted by atomic mass is 9.78. The molecule has 0 atom stereocenters. The zero-order valence-electron chi connectivity index (χ0n) is 24.4. The Labute approximate surface area is 240 Å². The normalized spacial score (nSPS) is 19.4. The number of carbonyl (C=O) groups excluding carboxylic acids is 2. The van der Waals surface area contributed by atoms with Crippen LogP contribution in [0.15, 0.2) is 48.5 Å². The predicted molar refractivity (Wildman–Crippen MR) is 161 cm³/mol. The molecule has 2 aromatic rings. The number of benzene rings is 2. The zero-order chi connectivity index (χ0) is 27.7. The maximum atomic E-state index is 12.3. The van der Waals surface area contributed by atoms with Crippen molar-refractivity contribution in [3.8, 4) is 0 Å². The van der Waals surface area contributed by atoms with Crippen molar-refractivity contribution in [2.75, 3.05) is 39.3 Å². The molecule has 5 rings (SSSR count). The van der Waals surface area contributed by atoms with Gasteiger partial charge < -0.3 is 10.6 Å². The second kappa shape index (κ2) is 14.3. The molecule has 2 heterocycles. The molecule has 1 saturated carbocycles. The third-order valence-corrected chi connectivity index (χ3v) is 9.24. The highest BCUT2D eigenvalue weighted by Crippen LogP contribution is 2.33. The molecule has 2 N–H and O–H groups in total. The lowest BCUT2D eigenvalue weighted by Crippen LogP contribution is -2.40. The first-order valence-corrected chi connectivity index (χ1v) is 15.8. The third-order valence-electron chi connectivity index (χ3n) is 9.24. The molecule has 216 valence electrons. The summed E-state index contributed by atoms with van der Waals surface area (Å²) in [4.78, 5) is 29.7. The molecule has 0 bridgehead atoms. The summed E-state index contributed by atoms with van der Waals surface area (Å²) >= 11 is 0. The molecule has 2 amide bonds. The minimum absolute atomic E-state index is 0.0354. The van der Waals surface area contributed by atoms with Crippen LogP contribution in [0.5, 0.6) is 0 Å². The minimum Gasteiger partial charge on any atom is -0.352 e. The van der Waals surface area contributed by atoms with E-state index in [1.54, 1.807) is 0 Å². The van der Waals surface area contributed by atoms with E-state index in [0.29, 0.717) is 5.92 Å². The number of carbonyl (C=O) groups is 2. The number of likely N-dealkylation sites (tertiary alicyclic amines) is 2. The van der Waals surface area contributed by atoms with E-state index in [1.807, 2.05) is 24.3 Å². The van der Waals surface area contributed by atoms with Gasteiger partial charge in [-0.15, -0.1) is 0 Å². The van der Waals surface area contributed by atoms with Crippen LogP contribution in [-0.2, 0) is 13.1 Å². The molecule has 3 aliphatic rings. The number of amides is 2. The highest BCUT2D eigenvalue weighted by atomic mass is 16.2. The van der Waals surface area contributed by atoms with Gasteiger partial charge in [0.15, 0.2) is 0 Å². The van der Waals surface area contributed by atoms with Gasteiger partial charge in [0, 0.05) is 37.3 Å². The van der Waals surface area contributed by atoms with Crippen LogP contribution >= 0.6 is 0 Å². The molecule has 2 aromatic carbocycles. The second-order valence-corrected chi connectivity index (χ2v) is 12.4. The molecule has 6 nitrogen and oxygen atoms in total. The average Bonchev–Trinajstić information content (AvgIpc) is 3.82. The van der Waals surface area contributed by atoms with Crippen LogP contribution in [0.4, 0.5) is 0 Å². The minimum atomic E-state index is 0.0354. The van der Waals surface area contributed by atoms with Gasteiger partial charge in [0.1, 0.15) is 0 Å². The standard InChI is InChI=1S/C34H48N4O2/c1-2-3-18-35-33(39)31-10-6-27(7-11-31)24-37-19-14-29(15-20-37)30-16-21-38(22-17-30)25-28-8-12-32(13-9-28)34(40)36-23-26-4-5-26/h6-13,26,29-30H,2-5,14-25H2,1H3,(H,35,39)(H,36,40). The van der Waals surface area contributed by atoms with Crippen molar-refractivity contribution >= 4 is 11.8 Å². The van der Waals surface area contributed by atoms with Gasteiger partial charge >= 0.3 is 0 Å². The number of piperidine rings is 2. The molecule has 0 aromatic heterocycles. The van der Waals surface area contributed by atoms with E-state index in [1.165, 1.54) is 75.8 Å². The van der Waals surface area contributed by atoms with E-state index in [2.05, 4.69) is 51.6 Å². The highest BCUT2D eigenvalue weighted by molar-refractivity contribution is 5.94. The smallest absolute Gasteiger partial charge is 0.251 e. The Balaban J connectivity index is 0.988. The van der Waals surface area contributed by atoms with Crippen LogP contribution in [0.25, 0.3) is 0 Å². The fourth-order valence-corrected chi connectivity index (χ4v) is 6.35. The van der Waals surface area contributed by atoms with E-state index in [0.717, 1.165) is 62.0 Å². The largest absolute Gasteiger partial charge is 0.352 e. The van der Waals surface area contributed by atoms with Crippen LogP contribution < -0.4 is 10.6 Å². The molecule has 0 unspecified atom stereocenters. The first-order valence-electron chi connectivity index (χ1n) is 15.8. The van der Waals surface area contributed by atoms with Gasteiger partial charge in [-0.25, -0.2) is 0 Å². The number of nitrogens with zero attached hydrogens (tertiary/aromatic N) is 2. The van der Waals surface area contributed by atoms with Gasteiger partial charge in [-0.1, -0.05) is 37.6 Å². The van der Waals surface area contributed by atoms with Crippen LogP contribution in [0.3, 0.4) is 0 Å². The summed E-state index contributed by atoms with van der Waals surface area (Å²) in [6.45, 7) is 10.4. The van der Waals surface area contributed by atoms with E-state index >= 15 is 0 Å². The Kier molecular flexibility index (Phi) is 10.3. The van der Waals surface area contributed by atoms with E-state index < -0.39 is 0 Å². The lowest BCUT2D eigenvalue weighted by Gasteiger charge is -2.40. The summed E-state index contributed by atoms with van der Waals surface area (Å²) in [7, 11) is 0. The van der Waals surface area contributed by atoms with Crippen molar-refractivity contribution in [2.45, 2.75) is 71.4 Å². The van der Waals surface area contributed by atoms with Crippen molar-refractivity contribution in [2.24, 2.45) is 17.8 Å². The maximum absolute atomic E-state index is 12.3. The summed E-state index contributed by atoms with van der Waals surface area (Å²) in [5.41, 5.74) is 4.13. The fraction of sp³-hybridized carbons (Fsp3) is 0.588. The molecule has 0 spiro atoms. The summed E-state index contributed by atoms with van der Waals surface area (Å²) in [5, 5.41) is 6.06. The molecular formula is C34H48N4O2. The monoisotopic (exact) mass is 544 g/mol. The molecule has 40 heavy (non-hydrogen) atoms. The third kappa shape index (κ3) is 8.40. The van der Waals surface area contributed by atoms with Gasteiger partial charge in [0.25, 0.3) is 11.8 Å². The number of rotatable bonds is 12. The van der Waals surface area contributed by atoms with E-state index in [4.69, 9.17) is 0 Å². The highest BCUT2D eigenvalue weighted by Gasteiger charge is 2.29. The Hall–Kier alpha value is -2.70. The van der Waals surface area contributed by atoms with Crippen LogP contribution in [0.2, 0.25) is 0 Å². The fourth-order valence-electron chi connectivity index (χ4n) is 6.35. The molecule has 2 saturated heterocycles. The van der Waals surface area contributed by atoms with Crippen LogP contribution in [-0.4, -0.2) is 60.9 Å². The van der Waals surface area contributed by atoms with Crippen LogP contribution in [0.1, 0.15) is 90.1 Å².